The van der Waals surface area contributed by atoms with E-state index in [1.54, 1.807) is 0 Å². The van der Waals surface area contributed by atoms with Crippen molar-refractivity contribution < 1.29 is 0 Å². The molecule has 0 unspecified atom stereocenters. The summed E-state index contributed by atoms with van der Waals surface area (Å²) in [5.74, 6) is 0.705. The average Bonchev–Trinajstić information content (AvgIpc) is 3.27. The van der Waals surface area contributed by atoms with Gasteiger partial charge in [-0.05, 0) is 57.6 Å². The Kier molecular flexibility index (Phi) is 5.84. The van der Waals surface area contributed by atoms with Crippen LogP contribution in [0.3, 0.4) is 0 Å². The van der Waals surface area contributed by atoms with E-state index in [1.807, 2.05) is 48.5 Å². The first kappa shape index (κ1) is 24.7. The summed E-state index contributed by atoms with van der Waals surface area (Å²) >= 11 is 0. The van der Waals surface area contributed by atoms with Crippen LogP contribution in [0.2, 0.25) is 0 Å². The largest absolute Gasteiger partial charge is 0.228 e. The van der Waals surface area contributed by atoms with E-state index in [0.29, 0.717) is 11.4 Å². The van der Waals surface area contributed by atoms with Crippen molar-refractivity contribution in [2.75, 3.05) is 0 Å². The predicted octanol–water partition coefficient (Wildman–Crippen LogP) is 9.32. The molecule has 0 fully saturated rings. The lowest BCUT2D eigenvalue weighted by Crippen LogP contribution is -2.15. The highest BCUT2D eigenvalue weighted by atomic mass is 14.9. The summed E-state index contributed by atoms with van der Waals surface area (Å²) < 4.78 is 0. The molecule has 7 rings (SSSR count). The van der Waals surface area contributed by atoms with Gasteiger partial charge in [-0.2, -0.15) is 5.26 Å². The zero-order valence-corrected chi connectivity index (χ0v) is 23.0. The van der Waals surface area contributed by atoms with Gasteiger partial charge in [0, 0.05) is 22.1 Å². The Morgan fingerprint density at radius 2 is 1.17 bits per heavy atom. The number of fused-ring (bicyclic) bond motifs is 3. The molecule has 0 saturated heterocycles. The molecular weight excluding hydrogens is 498 g/mol. The summed E-state index contributed by atoms with van der Waals surface area (Å²) in [6, 6.07) is 46.1. The van der Waals surface area contributed by atoms with Crippen molar-refractivity contribution in [2.45, 2.75) is 19.3 Å². The van der Waals surface area contributed by atoms with Gasteiger partial charge in [0.25, 0.3) is 0 Å². The van der Waals surface area contributed by atoms with Crippen LogP contribution in [0.4, 0.5) is 0 Å². The van der Waals surface area contributed by atoms with Crippen LogP contribution in [-0.2, 0) is 5.41 Å². The molecule has 3 nitrogen and oxygen atoms in total. The third kappa shape index (κ3) is 4.22. The molecule has 1 aliphatic rings. The lowest BCUT2D eigenvalue weighted by Gasteiger charge is -2.21. The van der Waals surface area contributed by atoms with Gasteiger partial charge in [0.05, 0.1) is 23.0 Å². The van der Waals surface area contributed by atoms with Crippen molar-refractivity contribution in [2.24, 2.45) is 0 Å². The molecule has 1 aliphatic carbocycles. The van der Waals surface area contributed by atoms with Gasteiger partial charge in [-0.3, -0.25) is 0 Å². The molecule has 1 aromatic heterocycles. The molecule has 3 heteroatoms. The number of benzene rings is 5. The van der Waals surface area contributed by atoms with Crippen molar-refractivity contribution in [3.63, 3.8) is 0 Å². The van der Waals surface area contributed by atoms with Crippen molar-refractivity contribution >= 4 is 0 Å². The van der Waals surface area contributed by atoms with Gasteiger partial charge in [0.1, 0.15) is 0 Å². The zero-order chi connectivity index (χ0) is 28.0. The second kappa shape index (κ2) is 9.70. The van der Waals surface area contributed by atoms with Gasteiger partial charge in [0.15, 0.2) is 5.82 Å². The number of aromatic nitrogens is 2. The van der Waals surface area contributed by atoms with Crippen molar-refractivity contribution in [1.82, 2.24) is 9.97 Å². The molecule has 0 aliphatic heterocycles. The molecule has 194 valence electrons. The first-order valence-electron chi connectivity index (χ1n) is 13.8. The Hall–Kier alpha value is -5.33. The summed E-state index contributed by atoms with van der Waals surface area (Å²) in [6.07, 6.45) is 0. The van der Waals surface area contributed by atoms with E-state index in [2.05, 4.69) is 98.8 Å². The highest BCUT2D eigenvalue weighted by Crippen LogP contribution is 2.52. The summed E-state index contributed by atoms with van der Waals surface area (Å²) in [7, 11) is 0. The molecule has 0 radical (unpaired) electrons. The fourth-order valence-corrected chi connectivity index (χ4v) is 6.01. The SMILES string of the molecule is CC1(C)c2cc(C#N)ccc2-c2c(-c3cccc(-c4cc(-c5ccccc5)nc(-c5ccccc5)n4)c3)cccc21. The molecule has 41 heavy (non-hydrogen) atoms. The predicted molar refractivity (Wildman–Crippen MR) is 166 cm³/mol. The minimum atomic E-state index is -0.188. The van der Waals surface area contributed by atoms with Gasteiger partial charge in [-0.15, -0.1) is 0 Å². The molecule has 1 heterocycles. The quantitative estimate of drug-likeness (QED) is 0.230. The number of nitriles is 1. The molecule has 0 amide bonds. The third-order valence-corrected chi connectivity index (χ3v) is 8.13. The van der Waals surface area contributed by atoms with E-state index in [-0.39, 0.29) is 5.41 Å². The van der Waals surface area contributed by atoms with E-state index < -0.39 is 0 Å². The highest BCUT2D eigenvalue weighted by Gasteiger charge is 2.37. The van der Waals surface area contributed by atoms with E-state index >= 15 is 0 Å². The van der Waals surface area contributed by atoms with Gasteiger partial charge >= 0.3 is 0 Å². The van der Waals surface area contributed by atoms with E-state index in [9.17, 15) is 5.26 Å². The number of rotatable bonds is 4. The van der Waals surface area contributed by atoms with E-state index in [1.165, 1.54) is 27.8 Å². The first-order valence-corrected chi connectivity index (χ1v) is 13.8. The summed E-state index contributed by atoms with van der Waals surface area (Å²) in [5.41, 5.74) is 12.6. The lowest BCUT2D eigenvalue weighted by atomic mass is 9.81. The van der Waals surface area contributed by atoms with Crippen molar-refractivity contribution in [1.29, 1.82) is 5.26 Å². The van der Waals surface area contributed by atoms with Crippen LogP contribution in [0.1, 0.15) is 30.5 Å². The summed E-state index contributed by atoms with van der Waals surface area (Å²) in [6.45, 7) is 4.49. The van der Waals surface area contributed by atoms with Crippen molar-refractivity contribution in [3.05, 3.63) is 144 Å². The number of hydrogen-bond donors (Lipinski definition) is 0. The smallest absolute Gasteiger partial charge is 0.160 e. The molecule has 0 bridgehead atoms. The maximum absolute atomic E-state index is 9.55. The normalized spacial score (nSPS) is 12.8. The van der Waals surface area contributed by atoms with E-state index in [4.69, 9.17) is 9.97 Å². The maximum atomic E-state index is 9.55. The fourth-order valence-electron chi connectivity index (χ4n) is 6.01. The molecule has 5 aromatic carbocycles. The van der Waals surface area contributed by atoms with Crippen LogP contribution in [0.25, 0.3) is 56.2 Å². The topological polar surface area (TPSA) is 49.6 Å². The second-order valence-electron chi connectivity index (χ2n) is 11.0. The van der Waals surface area contributed by atoms with Crippen LogP contribution >= 0.6 is 0 Å². The van der Waals surface area contributed by atoms with Gasteiger partial charge in [-0.1, -0.05) is 117 Å². The third-order valence-electron chi connectivity index (χ3n) is 8.13. The lowest BCUT2D eigenvalue weighted by molar-refractivity contribution is 0.660. The van der Waals surface area contributed by atoms with Crippen LogP contribution in [0.15, 0.2) is 127 Å². The number of hydrogen-bond acceptors (Lipinski definition) is 3. The molecule has 0 spiro atoms. The second-order valence-corrected chi connectivity index (χ2v) is 11.0. The monoisotopic (exact) mass is 525 g/mol. The molecule has 0 atom stereocenters. The Morgan fingerprint density at radius 1 is 0.537 bits per heavy atom. The fraction of sp³-hybridized carbons (Fsp3) is 0.0789. The van der Waals surface area contributed by atoms with Crippen LogP contribution in [0, 0.1) is 11.3 Å². The Morgan fingerprint density at radius 3 is 1.90 bits per heavy atom. The van der Waals surface area contributed by atoms with Crippen LogP contribution in [0.5, 0.6) is 0 Å². The van der Waals surface area contributed by atoms with Gasteiger partial charge < -0.3 is 0 Å². The van der Waals surface area contributed by atoms with Gasteiger partial charge in [-0.25, -0.2) is 9.97 Å². The Labute approximate surface area is 240 Å². The summed E-state index contributed by atoms with van der Waals surface area (Å²) in [5, 5.41) is 9.55. The van der Waals surface area contributed by atoms with Gasteiger partial charge in [0.2, 0.25) is 0 Å². The standard InChI is InChI=1S/C38H27N3/c1-38(2)32-18-10-17-30(36(32)31-20-19-25(24-39)21-33(31)38)28-15-9-16-29(22-28)35-23-34(26-11-5-3-6-12-26)40-37(41-35)27-13-7-4-8-14-27/h3-23H,1-2H3. The average molecular weight is 526 g/mol. The Bertz CT molecular complexity index is 1910. The van der Waals surface area contributed by atoms with Crippen LogP contribution < -0.4 is 0 Å². The van der Waals surface area contributed by atoms with E-state index in [0.717, 1.165) is 33.6 Å². The molecule has 0 saturated carbocycles. The van der Waals surface area contributed by atoms with Crippen molar-refractivity contribution in [3.8, 4) is 62.2 Å². The first-order chi connectivity index (χ1) is 20.0. The molecule has 6 aromatic rings. The maximum Gasteiger partial charge on any atom is 0.160 e. The highest BCUT2D eigenvalue weighted by molar-refractivity contribution is 5.93. The minimum Gasteiger partial charge on any atom is -0.228 e. The molecule has 0 N–H and O–H groups in total. The van der Waals surface area contributed by atoms with Crippen LogP contribution in [-0.4, -0.2) is 9.97 Å². The number of nitrogens with zero attached hydrogens (tertiary/aromatic N) is 3. The minimum absolute atomic E-state index is 0.188. The Balaban J connectivity index is 1.39. The molecular formula is C38H27N3. The summed E-state index contributed by atoms with van der Waals surface area (Å²) in [4.78, 5) is 9.99. The zero-order valence-electron chi connectivity index (χ0n) is 23.0.